The molecule has 9 heteroatoms. The highest BCUT2D eigenvalue weighted by Crippen LogP contribution is 2.28. The highest BCUT2D eigenvalue weighted by Gasteiger charge is 2.32. The van der Waals surface area contributed by atoms with Crippen LogP contribution < -0.4 is 10.1 Å². The lowest BCUT2D eigenvalue weighted by Crippen LogP contribution is -2.55. The van der Waals surface area contributed by atoms with E-state index in [9.17, 15) is 9.59 Å². The quantitative estimate of drug-likeness (QED) is 0.290. The molecule has 0 unspecified atom stereocenters. The Bertz CT molecular complexity index is 1250. The fourth-order valence-electron chi connectivity index (χ4n) is 3.66. The van der Waals surface area contributed by atoms with Gasteiger partial charge >= 0.3 is 0 Å². The molecular weight excluding hydrogens is 554 g/mol. The molecule has 0 bridgehead atoms. The number of nitrogens with one attached hydrogen (secondary N) is 1. The highest BCUT2D eigenvalue weighted by molar-refractivity contribution is 6.42. The summed E-state index contributed by atoms with van der Waals surface area (Å²) in [6, 6.07) is 18.6. The van der Waals surface area contributed by atoms with Gasteiger partial charge in [-0.15, -0.1) is 0 Å². The van der Waals surface area contributed by atoms with E-state index in [-0.39, 0.29) is 24.1 Å². The molecule has 3 rings (SSSR count). The van der Waals surface area contributed by atoms with E-state index in [1.807, 2.05) is 51.1 Å². The van der Waals surface area contributed by atoms with Crippen molar-refractivity contribution in [2.45, 2.75) is 45.3 Å². The van der Waals surface area contributed by atoms with Crippen LogP contribution in [0.15, 0.2) is 66.7 Å². The van der Waals surface area contributed by atoms with Gasteiger partial charge in [-0.25, -0.2) is 0 Å². The van der Waals surface area contributed by atoms with E-state index in [0.29, 0.717) is 32.8 Å². The number of benzene rings is 3. The van der Waals surface area contributed by atoms with Gasteiger partial charge in [-0.3, -0.25) is 9.59 Å². The predicted molar refractivity (Wildman–Crippen MR) is 151 cm³/mol. The molecule has 0 aromatic heterocycles. The molecule has 37 heavy (non-hydrogen) atoms. The molecule has 3 aromatic rings. The van der Waals surface area contributed by atoms with E-state index >= 15 is 0 Å². The van der Waals surface area contributed by atoms with Gasteiger partial charge in [0.1, 0.15) is 11.8 Å². The van der Waals surface area contributed by atoms with Crippen molar-refractivity contribution in [1.29, 1.82) is 0 Å². The molecular formula is C28H28Cl4N2O3. The van der Waals surface area contributed by atoms with Crippen LogP contribution in [0.1, 0.15) is 31.9 Å². The van der Waals surface area contributed by atoms with E-state index in [0.717, 1.165) is 5.56 Å². The molecule has 0 aliphatic heterocycles. The van der Waals surface area contributed by atoms with Crippen molar-refractivity contribution in [2.24, 2.45) is 0 Å². The number of carbonyl (C=O) groups is 2. The summed E-state index contributed by atoms with van der Waals surface area (Å²) in [5.74, 6) is -0.371. The summed E-state index contributed by atoms with van der Waals surface area (Å²) < 4.78 is 5.74. The SMILES string of the molecule is CC(C)(C)NC(=O)[C@H](Cc1ccccc1)N(Cc1ccc(Cl)c(Cl)c1)C(=O)COc1ccc(Cl)cc1Cl. The molecule has 196 valence electrons. The molecule has 0 aliphatic carbocycles. The van der Waals surface area contributed by atoms with E-state index in [2.05, 4.69) is 5.32 Å². The Morgan fingerprint density at radius 2 is 1.57 bits per heavy atom. The van der Waals surface area contributed by atoms with Crippen LogP contribution in [-0.2, 0) is 22.6 Å². The Labute approximate surface area is 237 Å². The van der Waals surface area contributed by atoms with Gasteiger partial charge in [0.25, 0.3) is 5.91 Å². The molecule has 1 atom stereocenters. The second-order valence-electron chi connectivity index (χ2n) is 9.58. The largest absolute Gasteiger partial charge is 0.482 e. The maximum Gasteiger partial charge on any atom is 0.261 e. The van der Waals surface area contributed by atoms with Crippen molar-refractivity contribution in [2.75, 3.05) is 6.61 Å². The van der Waals surface area contributed by atoms with E-state index in [4.69, 9.17) is 51.1 Å². The van der Waals surface area contributed by atoms with Crippen molar-refractivity contribution in [1.82, 2.24) is 10.2 Å². The first-order valence-electron chi connectivity index (χ1n) is 11.6. The molecule has 0 spiro atoms. The van der Waals surface area contributed by atoms with Crippen LogP contribution in [-0.4, -0.2) is 34.9 Å². The molecule has 0 fully saturated rings. The van der Waals surface area contributed by atoms with Crippen LogP contribution in [0.2, 0.25) is 20.1 Å². The lowest BCUT2D eigenvalue weighted by atomic mass is 10.0. The molecule has 3 aromatic carbocycles. The zero-order valence-corrected chi connectivity index (χ0v) is 23.8. The third kappa shape index (κ3) is 8.82. The fourth-order valence-corrected chi connectivity index (χ4v) is 4.44. The number of hydrogen-bond donors (Lipinski definition) is 1. The number of amides is 2. The molecule has 0 aliphatic rings. The van der Waals surface area contributed by atoms with Crippen molar-refractivity contribution in [3.63, 3.8) is 0 Å². The first kappa shape index (κ1) is 29.1. The van der Waals surface area contributed by atoms with Crippen molar-refractivity contribution in [3.8, 4) is 5.75 Å². The van der Waals surface area contributed by atoms with Crippen LogP contribution in [0.4, 0.5) is 0 Å². The van der Waals surface area contributed by atoms with E-state index < -0.39 is 17.5 Å². The summed E-state index contributed by atoms with van der Waals surface area (Å²) in [7, 11) is 0. The Kier molecular flexibility index (Phi) is 10.1. The second kappa shape index (κ2) is 12.9. The maximum absolute atomic E-state index is 13.6. The molecule has 5 nitrogen and oxygen atoms in total. The Morgan fingerprint density at radius 1 is 0.865 bits per heavy atom. The number of halogens is 4. The maximum atomic E-state index is 13.6. The minimum absolute atomic E-state index is 0.114. The number of ether oxygens (including phenoxy) is 1. The van der Waals surface area contributed by atoms with Gasteiger partial charge in [0, 0.05) is 23.5 Å². The van der Waals surface area contributed by atoms with Gasteiger partial charge in [-0.1, -0.05) is 82.8 Å². The topological polar surface area (TPSA) is 58.6 Å². The Hall–Kier alpha value is -2.44. The van der Waals surface area contributed by atoms with Crippen LogP contribution in [0.5, 0.6) is 5.75 Å². The zero-order valence-electron chi connectivity index (χ0n) is 20.7. The standard InChI is InChI=1S/C28H28Cl4N2O3/c1-28(2,3)33-27(36)24(14-18-7-5-4-6-8-18)34(16-19-9-11-21(30)22(31)13-19)26(35)17-37-25-12-10-20(29)15-23(25)32/h4-13,15,24H,14,16-17H2,1-3H3,(H,33,36)/t24-/m0/s1. The normalized spacial score (nSPS) is 12.1. The van der Waals surface area contributed by atoms with Gasteiger partial charge in [0.05, 0.1) is 15.1 Å². The van der Waals surface area contributed by atoms with E-state index in [1.54, 1.807) is 30.3 Å². The lowest BCUT2D eigenvalue weighted by molar-refractivity contribution is -0.143. The summed E-state index contributed by atoms with van der Waals surface area (Å²) >= 11 is 24.5. The number of carbonyl (C=O) groups excluding carboxylic acids is 2. The van der Waals surface area contributed by atoms with Gasteiger partial charge in [0.2, 0.25) is 5.91 Å². The first-order valence-corrected chi connectivity index (χ1v) is 13.1. The highest BCUT2D eigenvalue weighted by atomic mass is 35.5. The molecule has 0 radical (unpaired) electrons. The average Bonchev–Trinajstić information content (AvgIpc) is 2.82. The third-order valence-electron chi connectivity index (χ3n) is 5.35. The summed E-state index contributed by atoms with van der Waals surface area (Å²) in [6.07, 6.45) is 0.303. The monoisotopic (exact) mass is 580 g/mol. The number of rotatable bonds is 9. The Morgan fingerprint density at radius 3 is 2.19 bits per heavy atom. The summed E-state index contributed by atoms with van der Waals surface area (Å²) in [4.78, 5) is 28.7. The zero-order chi connectivity index (χ0) is 27.2. The van der Waals surface area contributed by atoms with Gasteiger partial charge in [0.15, 0.2) is 6.61 Å². The van der Waals surface area contributed by atoms with Gasteiger partial charge in [-0.05, 0) is 62.2 Å². The van der Waals surface area contributed by atoms with Gasteiger partial charge < -0.3 is 15.0 Å². The predicted octanol–water partition coefficient (Wildman–Crippen LogP) is 7.23. The summed E-state index contributed by atoms with van der Waals surface area (Å²) in [6.45, 7) is 5.45. The van der Waals surface area contributed by atoms with Crippen LogP contribution in [0.3, 0.4) is 0 Å². The average molecular weight is 582 g/mol. The molecule has 2 amide bonds. The minimum atomic E-state index is -0.826. The summed E-state index contributed by atoms with van der Waals surface area (Å²) in [5.41, 5.74) is 1.12. The van der Waals surface area contributed by atoms with Crippen LogP contribution in [0.25, 0.3) is 0 Å². The van der Waals surface area contributed by atoms with Crippen molar-refractivity contribution < 1.29 is 14.3 Å². The first-order chi connectivity index (χ1) is 17.4. The van der Waals surface area contributed by atoms with Crippen molar-refractivity contribution in [3.05, 3.63) is 97.9 Å². The molecule has 0 saturated heterocycles. The second-order valence-corrected chi connectivity index (χ2v) is 11.2. The molecule has 0 heterocycles. The van der Waals surface area contributed by atoms with Gasteiger partial charge in [-0.2, -0.15) is 0 Å². The minimum Gasteiger partial charge on any atom is -0.482 e. The third-order valence-corrected chi connectivity index (χ3v) is 6.62. The summed E-state index contributed by atoms with van der Waals surface area (Å²) in [5, 5.41) is 4.50. The number of nitrogens with zero attached hydrogens (tertiary/aromatic N) is 1. The lowest BCUT2D eigenvalue weighted by Gasteiger charge is -2.33. The molecule has 1 N–H and O–H groups in total. The Balaban J connectivity index is 1.96. The fraction of sp³-hybridized carbons (Fsp3) is 0.286. The van der Waals surface area contributed by atoms with Crippen molar-refractivity contribution >= 4 is 58.2 Å². The van der Waals surface area contributed by atoms with E-state index in [1.165, 1.54) is 11.0 Å². The van der Waals surface area contributed by atoms with Crippen LogP contribution >= 0.6 is 46.4 Å². The number of hydrogen-bond acceptors (Lipinski definition) is 3. The van der Waals surface area contributed by atoms with Crippen LogP contribution in [0, 0.1) is 0 Å². The molecule has 0 saturated carbocycles. The smallest absolute Gasteiger partial charge is 0.261 e.